The molecule has 1 aromatic heterocycles. The first-order valence-electron chi connectivity index (χ1n) is 10.1. The second-order valence-corrected chi connectivity index (χ2v) is 8.13. The standard InChI is InChI=1S/C20H25F3N4O4/c1-10-14-16(27(13-3-4-13)19(29)25-18(14)28)11(2)17(15(10)23)26-6-12(5-24)20(7-26,30-8-21)31-9-22/h12-13H,3-9,24H2,1-2H3,(H,25,28,29). The number of H-pyrrole nitrogens is 1. The summed E-state index contributed by atoms with van der Waals surface area (Å²) in [5.41, 5.74) is 5.58. The third kappa shape index (κ3) is 3.35. The largest absolute Gasteiger partial charge is 0.363 e. The minimum Gasteiger partial charge on any atom is -0.363 e. The van der Waals surface area contributed by atoms with Crippen molar-refractivity contribution in [2.75, 3.05) is 38.3 Å². The van der Waals surface area contributed by atoms with Crippen LogP contribution in [0.5, 0.6) is 0 Å². The van der Waals surface area contributed by atoms with Crippen molar-refractivity contribution < 1.29 is 22.6 Å². The zero-order valence-electron chi connectivity index (χ0n) is 17.3. The van der Waals surface area contributed by atoms with Gasteiger partial charge in [0.05, 0.1) is 23.1 Å². The van der Waals surface area contributed by atoms with Gasteiger partial charge in [0, 0.05) is 36.2 Å². The topological polar surface area (TPSA) is 103 Å². The minimum absolute atomic E-state index is 0.00379. The lowest BCUT2D eigenvalue weighted by atomic mass is 10.0. The smallest absolute Gasteiger partial charge is 0.329 e. The Morgan fingerprint density at radius 3 is 2.35 bits per heavy atom. The number of nitrogens with one attached hydrogen (secondary N) is 1. The average Bonchev–Trinajstić information content (AvgIpc) is 3.49. The molecule has 2 aromatic rings. The van der Waals surface area contributed by atoms with Gasteiger partial charge in [0.25, 0.3) is 5.56 Å². The maximum atomic E-state index is 15.6. The van der Waals surface area contributed by atoms with Crippen LogP contribution in [0.1, 0.15) is 30.0 Å². The zero-order chi connectivity index (χ0) is 22.5. The van der Waals surface area contributed by atoms with Crippen molar-refractivity contribution in [3.63, 3.8) is 0 Å². The molecule has 4 rings (SSSR count). The van der Waals surface area contributed by atoms with Gasteiger partial charge in [-0.25, -0.2) is 18.0 Å². The van der Waals surface area contributed by atoms with E-state index in [1.54, 1.807) is 11.8 Å². The summed E-state index contributed by atoms with van der Waals surface area (Å²) in [5, 5.41) is 0.117. The monoisotopic (exact) mass is 442 g/mol. The fourth-order valence-electron chi connectivity index (χ4n) is 4.73. The van der Waals surface area contributed by atoms with Crippen molar-refractivity contribution in [1.29, 1.82) is 0 Å². The Bertz CT molecular complexity index is 1120. The molecule has 31 heavy (non-hydrogen) atoms. The number of anilines is 1. The lowest BCUT2D eigenvalue weighted by Gasteiger charge is -2.31. The number of hydrogen-bond acceptors (Lipinski definition) is 6. The van der Waals surface area contributed by atoms with Gasteiger partial charge in [0.15, 0.2) is 25.3 Å². The molecule has 1 aliphatic heterocycles. The van der Waals surface area contributed by atoms with E-state index in [9.17, 15) is 18.4 Å². The van der Waals surface area contributed by atoms with Gasteiger partial charge in [-0.2, -0.15) is 0 Å². The molecule has 0 spiro atoms. The van der Waals surface area contributed by atoms with Crippen LogP contribution in [0.25, 0.3) is 10.9 Å². The van der Waals surface area contributed by atoms with Crippen molar-refractivity contribution in [3.05, 3.63) is 37.8 Å². The molecular formula is C20H25F3N4O4. The van der Waals surface area contributed by atoms with Crippen LogP contribution in [-0.4, -0.2) is 48.7 Å². The van der Waals surface area contributed by atoms with Gasteiger partial charge in [-0.3, -0.25) is 14.3 Å². The highest BCUT2D eigenvalue weighted by Gasteiger charge is 2.50. The van der Waals surface area contributed by atoms with Gasteiger partial charge in [0.1, 0.15) is 0 Å². The fourth-order valence-corrected chi connectivity index (χ4v) is 4.73. The fraction of sp³-hybridized carbons (Fsp3) is 0.600. The number of nitrogens with zero attached hydrogens (tertiary/aromatic N) is 2. The highest BCUT2D eigenvalue weighted by Crippen LogP contribution is 2.42. The number of rotatable bonds is 7. The quantitative estimate of drug-likeness (QED) is 0.634. The molecule has 170 valence electrons. The number of aromatic amines is 1. The summed E-state index contributed by atoms with van der Waals surface area (Å²) in [6.07, 6.45) is 1.56. The summed E-state index contributed by atoms with van der Waals surface area (Å²) in [4.78, 5) is 28.9. The molecule has 2 heterocycles. The van der Waals surface area contributed by atoms with Crippen LogP contribution >= 0.6 is 0 Å². The Kier molecular flexibility index (Phi) is 5.61. The number of alkyl halides is 2. The van der Waals surface area contributed by atoms with Crippen LogP contribution in [0.2, 0.25) is 0 Å². The van der Waals surface area contributed by atoms with E-state index in [-0.39, 0.29) is 42.3 Å². The first-order chi connectivity index (χ1) is 14.8. The van der Waals surface area contributed by atoms with E-state index in [2.05, 4.69) is 4.98 Å². The van der Waals surface area contributed by atoms with E-state index in [0.717, 1.165) is 12.8 Å². The van der Waals surface area contributed by atoms with Crippen LogP contribution in [0.15, 0.2) is 9.59 Å². The second-order valence-electron chi connectivity index (χ2n) is 8.13. The van der Waals surface area contributed by atoms with Crippen molar-refractivity contribution in [2.45, 2.75) is 38.5 Å². The van der Waals surface area contributed by atoms with Crippen LogP contribution in [0.3, 0.4) is 0 Å². The van der Waals surface area contributed by atoms with E-state index in [1.165, 1.54) is 11.5 Å². The minimum atomic E-state index is -1.68. The van der Waals surface area contributed by atoms with Gasteiger partial charge >= 0.3 is 5.69 Å². The highest BCUT2D eigenvalue weighted by molar-refractivity contribution is 5.90. The van der Waals surface area contributed by atoms with Gasteiger partial charge < -0.3 is 20.1 Å². The Hall–Kier alpha value is -2.37. The second kappa shape index (κ2) is 7.95. The predicted molar refractivity (Wildman–Crippen MR) is 108 cm³/mol. The summed E-state index contributed by atoms with van der Waals surface area (Å²) in [6.45, 7) is 0.603. The molecule has 2 aliphatic rings. The van der Waals surface area contributed by atoms with E-state index in [1.807, 2.05) is 0 Å². The number of nitrogens with two attached hydrogens (primary N) is 1. The first-order valence-corrected chi connectivity index (χ1v) is 10.1. The van der Waals surface area contributed by atoms with Crippen molar-refractivity contribution in [3.8, 4) is 0 Å². The number of halogens is 3. The van der Waals surface area contributed by atoms with Crippen LogP contribution < -0.4 is 21.9 Å². The first kappa shape index (κ1) is 21.8. The zero-order valence-corrected chi connectivity index (χ0v) is 17.3. The van der Waals surface area contributed by atoms with Crippen molar-refractivity contribution >= 4 is 16.6 Å². The van der Waals surface area contributed by atoms with Gasteiger partial charge in [-0.05, 0) is 26.7 Å². The number of aryl methyl sites for hydroxylation is 2. The number of ether oxygens (including phenoxy) is 2. The van der Waals surface area contributed by atoms with Crippen LogP contribution in [-0.2, 0) is 9.47 Å². The van der Waals surface area contributed by atoms with Gasteiger partial charge in [-0.15, -0.1) is 0 Å². The molecule has 1 aliphatic carbocycles. The van der Waals surface area contributed by atoms with Crippen molar-refractivity contribution in [1.82, 2.24) is 9.55 Å². The molecule has 0 bridgehead atoms. The van der Waals surface area contributed by atoms with Gasteiger partial charge in [0.2, 0.25) is 0 Å². The molecule has 1 saturated heterocycles. The Labute approximate surface area is 175 Å². The van der Waals surface area contributed by atoms with Crippen LogP contribution in [0.4, 0.5) is 18.9 Å². The molecule has 0 amide bonds. The third-order valence-electron chi connectivity index (χ3n) is 6.35. The molecule has 11 heteroatoms. The Balaban J connectivity index is 1.94. The van der Waals surface area contributed by atoms with Crippen LogP contribution in [0, 0.1) is 25.6 Å². The number of aromatic nitrogens is 2. The normalized spacial score (nSPS) is 20.7. The molecular weight excluding hydrogens is 417 g/mol. The maximum absolute atomic E-state index is 15.6. The molecule has 1 unspecified atom stereocenters. The molecule has 1 aromatic carbocycles. The molecule has 2 fully saturated rings. The summed E-state index contributed by atoms with van der Waals surface area (Å²) in [7, 11) is 0. The summed E-state index contributed by atoms with van der Waals surface area (Å²) >= 11 is 0. The van der Waals surface area contributed by atoms with E-state index < -0.39 is 42.5 Å². The molecule has 1 atom stereocenters. The Morgan fingerprint density at radius 1 is 1.16 bits per heavy atom. The summed E-state index contributed by atoms with van der Waals surface area (Å²) in [6, 6.07) is -0.0672. The molecule has 8 nitrogen and oxygen atoms in total. The van der Waals surface area contributed by atoms with E-state index in [0.29, 0.717) is 11.1 Å². The maximum Gasteiger partial charge on any atom is 0.329 e. The Morgan fingerprint density at radius 2 is 1.81 bits per heavy atom. The summed E-state index contributed by atoms with van der Waals surface area (Å²) < 4.78 is 53.5. The lowest BCUT2D eigenvalue weighted by molar-refractivity contribution is -0.273. The third-order valence-corrected chi connectivity index (χ3v) is 6.35. The predicted octanol–water partition coefficient (Wildman–Crippen LogP) is 1.76. The molecule has 1 saturated carbocycles. The van der Waals surface area contributed by atoms with Gasteiger partial charge in [-0.1, -0.05) is 0 Å². The van der Waals surface area contributed by atoms with E-state index in [4.69, 9.17) is 15.2 Å². The lowest BCUT2D eigenvalue weighted by Crippen LogP contribution is -2.46. The summed E-state index contributed by atoms with van der Waals surface area (Å²) in [5.74, 6) is -2.95. The number of benzene rings is 1. The van der Waals surface area contributed by atoms with Crippen molar-refractivity contribution in [2.24, 2.45) is 11.7 Å². The molecule has 0 radical (unpaired) electrons. The SMILES string of the molecule is Cc1c(F)c(N2CC(CN)C(OCF)(OCF)C2)c(C)c2c1c(=O)[nH]c(=O)n2C1CC1. The number of fused-ring (bicyclic) bond motifs is 1. The molecule has 3 N–H and O–H groups in total. The highest BCUT2D eigenvalue weighted by atomic mass is 19.1. The van der Waals surface area contributed by atoms with E-state index >= 15 is 4.39 Å². The average molecular weight is 442 g/mol. The number of hydrogen-bond donors (Lipinski definition) is 2.